The highest BCUT2D eigenvalue weighted by Crippen LogP contribution is 2.31. The third-order valence-electron chi connectivity index (χ3n) is 4.97. The number of pyridine rings is 2. The molecule has 1 aromatic carbocycles. The van der Waals surface area contributed by atoms with E-state index in [1.807, 2.05) is 74.0 Å². The van der Waals surface area contributed by atoms with Crippen LogP contribution in [0, 0.1) is 6.92 Å². The van der Waals surface area contributed by atoms with Crippen LogP contribution in [0.3, 0.4) is 0 Å². The molecule has 6 heteroatoms. The average molecular weight is 393 g/mol. The van der Waals surface area contributed by atoms with Crippen LogP contribution in [0.4, 0.5) is 0 Å². The summed E-state index contributed by atoms with van der Waals surface area (Å²) in [6.45, 7) is 1.96. The zero-order valence-electron chi connectivity index (χ0n) is 16.6. The lowest BCUT2D eigenvalue weighted by molar-refractivity contribution is 0.415. The second kappa shape index (κ2) is 7.40. The quantitative estimate of drug-likeness (QED) is 0.461. The molecule has 6 nitrogen and oxygen atoms in total. The summed E-state index contributed by atoms with van der Waals surface area (Å²) in [6, 6.07) is 17.9. The fraction of sp³-hybridized carbons (Fsp3) is 0.0833. The van der Waals surface area contributed by atoms with E-state index >= 15 is 0 Å². The zero-order chi connectivity index (χ0) is 20.5. The van der Waals surface area contributed by atoms with Crippen molar-refractivity contribution in [2.45, 2.75) is 6.92 Å². The van der Waals surface area contributed by atoms with Crippen molar-refractivity contribution in [2.75, 3.05) is 7.11 Å². The Hall–Kier alpha value is -4.06. The minimum absolute atomic E-state index is 0.582. The van der Waals surface area contributed by atoms with Crippen LogP contribution in [0.5, 0.6) is 5.75 Å². The minimum Gasteiger partial charge on any atom is -0.497 e. The molecule has 0 unspecified atom stereocenters. The van der Waals surface area contributed by atoms with Crippen molar-refractivity contribution in [1.29, 1.82) is 0 Å². The highest BCUT2D eigenvalue weighted by Gasteiger charge is 2.14. The summed E-state index contributed by atoms with van der Waals surface area (Å²) in [7, 11) is 1.66. The first-order valence-corrected chi connectivity index (χ1v) is 9.60. The number of hydrogen-bond donors (Lipinski definition) is 1. The normalized spacial score (nSPS) is 11.0. The van der Waals surface area contributed by atoms with E-state index in [2.05, 4.69) is 26.0 Å². The number of methoxy groups -OCH3 is 1. The topological polar surface area (TPSA) is 76.6 Å². The molecule has 0 fully saturated rings. The van der Waals surface area contributed by atoms with Gasteiger partial charge in [-0.1, -0.05) is 18.2 Å². The summed E-state index contributed by atoms with van der Waals surface area (Å²) >= 11 is 0. The van der Waals surface area contributed by atoms with Crippen LogP contribution in [0.1, 0.15) is 5.69 Å². The van der Waals surface area contributed by atoms with Gasteiger partial charge in [-0.3, -0.25) is 4.98 Å². The molecule has 0 aliphatic heterocycles. The van der Waals surface area contributed by atoms with Gasteiger partial charge in [0.2, 0.25) is 0 Å². The van der Waals surface area contributed by atoms with Crippen molar-refractivity contribution in [1.82, 2.24) is 24.9 Å². The highest BCUT2D eigenvalue weighted by atomic mass is 16.5. The molecule has 5 rings (SSSR count). The molecule has 4 heterocycles. The predicted molar refractivity (Wildman–Crippen MR) is 117 cm³/mol. The van der Waals surface area contributed by atoms with Gasteiger partial charge in [0.15, 0.2) is 5.82 Å². The SMILES string of the molecule is COc1ccc(-c2cncc(-c3nc(-c4cccc(C)n4)nc4[nH]ccc34)c2)cc1. The molecule has 0 aliphatic rings. The van der Waals surface area contributed by atoms with Crippen molar-refractivity contribution in [3.63, 3.8) is 0 Å². The van der Waals surface area contributed by atoms with Crippen LogP contribution < -0.4 is 4.74 Å². The molecule has 0 spiro atoms. The van der Waals surface area contributed by atoms with Gasteiger partial charge in [-0.15, -0.1) is 0 Å². The molecule has 0 amide bonds. The van der Waals surface area contributed by atoms with Gasteiger partial charge < -0.3 is 9.72 Å². The van der Waals surface area contributed by atoms with E-state index in [0.717, 1.165) is 50.6 Å². The Labute approximate surface area is 173 Å². The highest BCUT2D eigenvalue weighted by molar-refractivity contribution is 5.92. The van der Waals surface area contributed by atoms with Crippen molar-refractivity contribution in [3.8, 4) is 39.7 Å². The lowest BCUT2D eigenvalue weighted by Gasteiger charge is -2.09. The Morgan fingerprint density at radius 3 is 2.47 bits per heavy atom. The molecule has 5 aromatic rings. The molecule has 146 valence electrons. The molecule has 4 aromatic heterocycles. The number of rotatable bonds is 4. The van der Waals surface area contributed by atoms with Crippen molar-refractivity contribution in [3.05, 3.63) is 78.9 Å². The van der Waals surface area contributed by atoms with E-state index in [4.69, 9.17) is 9.72 Å². The first-order chi connectivity index (χ1) is 14.7. The fourth-order valence-corrected chi connectivity index (χ4v) is 3.45. The number of nitrogens with one attached hydrogen (secondary N) is 1. The van der Waals surface area contributed by atoms with Gasteiger partial charge in [0.05, 0.1) is 12.8 Å². The Balaban J connectivity index is 1.65. The minimum atomic E-state index is 0.582. The van der Waals surface area contributed by atoms with Crippen LogP contribution in [0.2, 0.25) is 0 Å². The Morgan fingerprint density at radius 2 is 1.67 bits per heavy atom. The van der Waals surface area contributed by atoms with E-state index in [9.17, 15) is 0 Å². The third kappa shape index (κ3) is 3.28. The van der Waals surface area contributed by atoms with Gasteiger partial charge >= 0.3 is 0 Å². The number of aryl methyl sites for hydroxylation is 1. The molecular formula is C24H19N5O. The maximum atomic E-state index is 5.26. The van der Waals surface area contributed by atoms with Crippen molar-refractivity contribution < 1.29 is 4.74 Å². The number of aromatic nitrogens is 5. The van der Waals surface area contributed by atoms with Crippen LogP contribution in [0.15, 0.2) is 73.2 Å². The number of H-pyrrole nitrogens is 1. The van der Waals surface area contributed by atoms with Gasteiger partial charge in [-0.2, -0.15) is 0 Å². The number of nitrogens with zero attached hydrogens (tertiary/aromatic N) is 4. The summed E-state index contributed by atoms with van der Waals surface area (Å²) in [4.78, 5) is 21.8. The van der Waals surface area contributed by atoms with E-state index in [1.54, 1.807) is 7.11 Å². The van der Waals surface area contributed by atoms with E-state index in [1.165, 1.54) is 0 Å². The molecular weight excluding hydrogens is 374 g/mol. The predicted octanol–water partition coefficient (Wildman–Crippen LogP) is 5.07. The molecule has 0 aliphatic carbocycles. The van der Waals surface area contributed by atoms with Crippen LogP contribution >= 0.6 is 0 Å². The molecule has 30 heavy (non-hydrogen) atoms. The van der Waals surface area contributed by atoms with Crippen LogP contribution in [-0.4, -0.2) is 32.0 Å². The third-order valence-corrected chi connectivity index (χ3v) is 4.97. The summed E-state index contributed by atoms with van der Waals surface area (Å²) in [6.07, 6.45) is 5.55. The number of hydrogen-bond acceptors (Lipinski definition) is 5. The molecule has 0 saturated heterocycles. The van der Waals surface area contributed by atoms with Crippen LogP contribution in [0.25, 0.3) is 44.9 Å². The molecule has 0 radical (unpaired) electrons. The number of ether oxygens (including phenoxy) is 1. The summed E-state index contributed by atoms with van der Waals surface area (Å²) in [5.74, 6) is 1.40. The van der Waals surface area contributed by atoms with Gasteiger partial charge in [-0.05, 0) is 48.9 Å². The first kappa shape index (κ1) is 18.0. The largest absolute Gasteiger partial charge is 0.497 e. The smallest absolute Gasteiger partial charge is 0.180 e. The molecule has 1 N–H and O–H groups in total. The van der Waals surface area contributed by atoms with Gasteiger partial charge in [-0.25, -0.2) is 15.0 Å². The van der Waals surface area contributed by atoms with E-state index < -0.39 is 0 Å². The van der Waals surface area contributed by atoms with Gasteiger partial charge in [0.25, 0.3) is 0 Å². The lowest BCUT2D eigenvalue weighted by Crippen LogP contribution is -1.97. The molecule has 0 bridgehead atoms. The van der Waals surface area contributed by atoms with Crippen LogP contribution in [-0.2, 0) is 0 Å². The zero-order valence-corrected chi connectivity index (χ0v) is 16.6. The van der Waals surface area contributed by atoms with Gasteiger partial charge in [0.1, 0.15) is 17.1 Å². The first-order valence-electron chi connectivity index (χ1n) is 9.60. The Morgan fingerprint density at radius 1 is 0.833 bits per heavy atom. The molecule has 0 atom stereocenters. The maximum absolute atomic E-state index is 5.26. The van der Waals surface area contributed by atoms with E-state index in [0.29, 0.717) is 5.82 Å². The molecule has 0 saturated carbocycles. The lowest BCUT2D eigenvalue weighted by atomic mass is 10.0. The van der Waals surface area contributed by atoms with Crippen molar-refractivity contribution in [2.24, 2.45) is 0 Å². The summed E-state index contributed by atoms with van der Waals surface area (Å²) in [5, 5.41) is 0.945. The number of benzene rings is 1. The average Bonchev–Trinajstić information content (AvgIpc) is 3.27. The summed E-state index contributed by atoms with van der Waals surface area (Å²) in [5.41, 5.74) is 6.25. The second-order valence-corrected chi connectivity index (χ2v) is 6.99. The number of aromatic amines is 1. The Kier molecular flexibility index (Phi) is 4.44. The standard InChI is InChI=1S/C24H19N5O/c1-15-4-3-5-21(27-15)24-28-22(20-10-11-26-23(20)29-24)18-12-17(13-25-14-18)16-6-8-19(30-2)9-7-16/h3-14H,1-2H3,(H,26,28,29). The van der Waals surface area contributed by atoms with Gasteiger partial charge in [0, 0.05) is 40.8 Å². The summed E-state index contributed by atoms with van der Waals surface area (Å²) < 4.78 is 5.26. The van der Waals surface area contributed by atoms with Crippen molar-refractivity contribution >= 4 is 11.0 Å². The van der Waals surface area contributed by atoms with E-state index in [-0.39, 0.29) is 0 Å². The number of fused-ring (bicyclic) bond motifs is 1. The maximum Gasteiger partial charge on any atom is 0.180 e. The Bertz CT molecular complexity index is 1340. The second-order valence-electron chi connectivity index (χ2n) is 6.99. The monoisotopic (exact) mass is 393 g/mol. The fourth-order valence-electron chi connectivity index (χ4n) is 3.45.